The minimum absolute atomic E-state index is 0.0216. The lowest BCUT2D eigenvalue weighted by molar-refractivity contribution is -0.143. The third-order valence-electron chi connectivity index (χ3n) is 17.7. The molecule has 6 nitrogen and oxygen atoms in total. The maximum atomic E-state index is 12.5. The molecule has 3 N–H and O–H groups in total. The van der Waals surface area contributed by atoms with E-state index in [9.17, 15) is 19.8 Å². The van der Waals surface area contributed by atoms with Gasteiger partial charge in [-0.05, 0) is 57.8 Å². The van der Waals surface area contributed by atoms with Crippen molar-refractivity contribution in [1.29, 1.82) is 0 Å². The van der Waals surface area contributed by atoms with Crippen molar-refractivity contribution in [1.82, 2.24) is 5.32 Å². The van der Waals surface area contributed by atoms with Crippen LogP contribution in [0.5, 0.6) is 0 Å². The Morgan fingerprint density at radius 2 is 0.573 bits per heavy atom. The SMILES string of the molecule is CCCCCCCCCCCCCCCCC/C=C/C(O)C(CO)NC(=O)CCCCCCCCCCCCCCCCCCC/C=C\CCCCCCCCCCCCCCCCCCOC(=O)CCCCCCCCCCCCC. The smallest absolute Gasteiger partial charge is 0.305 e. The lowest BCUT2D eigenvalue weighted by Crippen LogP contribution is -2.45. The minimum Gasteiger partial charge on any atom is -0.466 e. The van der Waals surface area contributed by atoms with Crippen LogP contribution < -0.4 is 5.32 Å². The Morgan fingerprint density at radius 1 is 0.329 bits per heavy atom. The maximum Gasteiger partial charge on any atom is 0.305 e. The highest BCUT2D eigenvalue weighted by Gasteiger charge is 2.18. The highest BCUT2D eigenvalue weighted by molar-refractivity contribution is 5.76. The second kappa shape index (κ2) is 71.8. The van der Waals surface area contributed by atoms with Crippen LogP contribution >= 0.6 is 0 Å². The molecular weight excluding hydrogens is 1010 g/mol. The van der Waals surface area contributed by atoms with Gasteiger partial charge in [-0.1, -0.05) is 378 Å². The highest BCUT2D eigenvalue weighted by atomic mass is 16.5. The number of amides is 1. The summed E-state index contributed by atoms with van der Waals surface area (Å²) in [5.74, 6) is -0.0389. The maximum absolute atomic E-state index is 12.5. The molecule has 1 amide bonds. The fourth-order valence-electron chi connectivity index (χ4n) is 12.0. The largest absolute Gasteiger partial charge is 0.466 e. The number of unbranched alkanes of at least 4 members (excludes halogenated alkanes) is 58. The molecule has 0 heterocycles. The van der Waals surface area contributed by atoms with E-state index in [0.29, 0.717) is 19.4 Å². The van der Waals surface area contributed by atoms with Crippen molar-refractivity contribution in [3.05, 3.63) is 24.3 Å². The van der Waals surface area contributed by atoms with Crippen molar-refractivity contribution in [3.63, 3.8) is 0 Å². The Morgan fingerprint density at radius 3 is 0.866 bits per heavy atom. The first-order valence-corrected chi connectivity index (χ1v) is 37.6. The number of nitrogens with one attached hydrogen (secondary N) is 1. The van der Waals surface area contributed by atoms with Gasteiger partial charge >= 0.3 is 5.97 Å². The summed E-state index contributed by atoms with van der Waals surface area (Å²) in [7, 11) is 0. The number of aliphatic hydroxyl groups excluding tert-OH is 2. The summed E-state index contributed by atoms with van der Waals surface area (Å²) < 4.78 is 5.48. The van der Waals surface area contributed by atoms with E-state index in [4.69, 9.17) is 4.74 Å². The molecular formula is C76H147NO5. The molecule has 82 heavy (non-hydrogen) atoms. The van der Waals surface area contributed by atoms with Gasteiger partial charge in [0, 0.05) is 12.8 Å². The van der Waals surface area contributed by atoms with Crippen molar-refractivity contribution < 1.29 is 24.5 Å². The zero-order chi connectivity index (χ0) is 59.2. The number of ether oxygens (including phenoxy) is 1. The van der Waals surface area contributed by atoms with Crippen molar-refractivity contribution in [2.75, 3.05) is 13.2 Å². The summed E-state index contributed by atoms with van der Waals surface area (Å²) in [4.78, 5) is 24.5. The van der Waals surface area contributed by atoms with Gasteiger partial charge in [-0.2, -0.15) is 0 Å². The van der Waals surface area contributed by atoms with Crippen molar-refractivity contribution in [3.8, 4) is 0 Å². The van der Waals surface area contributed by atoms with Crippen molar-refractivity contribution in [2.24, 2.45) is 0 Å². The Hall–Kier alpha value is -1.66. The van der Waals surface area contributed by atoms with Crippen molar-refractivity contribution in [2.45, 2.75) is 437 Å². The van der Waals surface area contributed by atoms with Crippen LogP contribution in [0, 0.1) is 0 Å². The van der Waals surface area contributed by atoms with E-state index in [-0.39, 0.29) is 18.5 Å². The Kier molecular flexibility index (Phi) is 70.4. The van der Waals surface area contributed by atoms with E-state index < -0.39 is 12.1 Å². The molecule has 0 aliphatic rings. The van der Waals surface area contributed by atoms with E-state index in [1.165, 1.54) is 360 Å². The van der Waals surface area contributed by atoms with Gasteiger partial charge in [-0.25, -0.2) is 0 Å². The molecule has 0 aliphatic carbocycles. The Balaban J connectivity index is 3.34. The first-order chi connectivity index (χ1) is 40.5. The van der Waals surface area contributed by atoms with E-state index in [1.807, 2.05) is 6.08 Å². The van der Waals surface area contributed by atoms with Crippen LogP contribution in [-0.2, 0) is 14.3 Å². The topological polar surface area (TPSA) is 95.9 Å². The standard InChI is InChI=1S/C76H147NO5/c1-3-5-7-9-11-13-15-16-17-39-42-45-49-52-56-60-64-68-74(79)73(72-78)77-75(80)69-65-61-57-53-50-46-43-40-37-35-33-31-29-27-25-23-21-19-18-20-22-24-26-28-30-32-34-36-38-41-44-47-51-55-59-63-67-71-82-76(81)70-66-62-58-54-48-14-12-10-8-6-4-2/h18,20,64,68,73-74,78-79H,3-17,19,21-63,65-67,69-72H2,1-2H3,(H,77,80)/b20-18-,68-64+. The Bertz CT molecular complexity index is 1280. The van der Waals surface area contributed by atoms with Gasteiger partial charge < -0.3 is 20.3 Å². The third-order valence-corrected chi connectivity index (χ3v) is 17.7. The molecule has 486 valence electrons. The first-order valence-electron chi connectivity index (χ1n) is 37.6. The number of allylic oxidation sites excluding steroid dienone is 3. The number of hydrogen-bond acceptors (Lipinski definition) is 5. The highest BCUT2D eigenvalue weighted by Crippen LogP contribution is 2.19. The molecule has 0 spiro atoms. The molecule has 6 heteroatoms. The molecule has 0 rings (SSSR count). The summed E-state index contributed by atoms with van der Waals surface area (Å²) in [6.45, 7) is 4.94. The van der Waals surface area contributed by atoms with Gasteiger partial charge in [0.15, 0.2) is 0 Å². The lowest BCUT2D eigenvalue weighted by atomic mass is 10.0. The van der Waals surface area contributed by atoms with Crippen molar-refractivity contribution >= 4 is 11.9 Å². The Labute approximate surface area is 513 Å². The van der Waals surface area contributed by atoms with Gasteiger partial charge in [0.25, 0.3) is 0 Å². The third kappa shape index (κ3) is 67.5. The van der Waals surface area contributed by atoms with Crippen LogP contribution in [0.3, 0.4) is 0 Å². The van der Waals surface area contributed by atoms with E-state index in [0.717, 1.165) is 38.5 Å². The molecule has 2 atom stereocenters. The lowest BCUT2D eigenvalue weighted by Gasteiger charge is -2.20. The predicted octanol–water partition coefficient (Wildman–Crippen LogP) is 24.5. The van der Waals surface area contributed by atoms with Crippen LogP contribution in [0.25, 0.3) is 0 Å². The molecule has 0 aliphatic heterocycles. The van der Waals surface area contributed by atoms with Crippen LogP contribution in [0.2, 0.25) is 0 Å². The average Bonchev–Trinajstić information content (AvgIpc) is 3.48. The number of hydrogen-bond donors (Lipinski definition) is 3. The molecule has 0 fully saturated rings. The summed E-state index contributed by atoms with van der Waals surface area (Å²) in [5, 5.41) is 23.2. The molecule has 0 aromatic rings. The van der Waals surface area contributed by atoms with E-state index in [1.54, 1.807) is 6.08 Å². The number of aliphatic hydroxyl groups is 2. The average molecular weight is 1160 g/mol. The minimum atomic E-state index is -0.841. The summed E-state index contributed by atoms with van der Waals surface area (Å²) in [6.07, 6.45) is 91.5. The summed E-state index contributed by atoms with van der Waals surface area (Å²) in [5.41, 5.74) is 0. The monoisotopic (exact) mass is 1150 g/mol. The van der Waals surface area contributed by atoms with Crippen LogP contribution in [0.1, 0.15) is 425 Å². The molecule has 0 bridgehead atoms. The van der Waals surface area contributed by atoms with Crippen LogP contribution in [0.15, 0.2) is 24.3 Å². The number of carbonyl (C=O) groups is 2. The van der Waals surface area contributed by atoms with E-state index in [2.05, 4.69) is 31.3 Å². The summed E-state index contributed by atoms with van der Waals surface area (Å²) >= 11 is 0. The van der Waals surface area contributed by atoms with Crippen LogP contribution in [-0.4, -0.2) is 47.4 Å². The molecule has 0 saturated heterocycles. The molecule has 2 unspecified atom stereocenters. The molecule has 0 radical (unpaired) electrons. The predicted molar refractivity (Wildman–Crippen MR) is 361 cm³/mol. The second-order valence-corrected chi connectivity index (χ2v) is 26.0. The molecule has 0 aromatic heterocycles. The number of esters is 1. The van der Waals surface area contributed by atoms with E-state index >= 15 is 0 Å². The van der Waals surface area contributed by atoms with Gasteiger partial charge in [-0.3, -0.25) is 9.59 Å². The number of rotatable bonds is 71. The fourth-order valence-corrected chi connectivity index (χ4v) is 12.0. The first kappa shape index (κ1) is 80.3. The summed E-state index contributed by atoms with van der Waals surface area (Å²) in [6, 6.07) is -0.625. The number of carbonyl (C=O) groups excluding carboxylic acids is 2. The quantitative estimate of drug-likeness (QED) is 0.0320. The van der Waals surface area contributed by atoms with Gasteiger partial charge in [0.1, 0.15) is 0 Å². The zero-order valence-electron chi connectivity index (χ0n) is 55.8. The fraction of sp³-hybridized carbons (Fsp3) is 0.921. The van der Waals surface area contributed by atoms with Gasteiger partial charge in [-0.15, -0.1) is 0 Å². The second-order valence-electron chi connectivity index (χ2n) is 26.0. The normalized spacial score (nSPS) is 12.6. The zero-order valence-corrected chi connectivity index (χ0v) is 55.8. The van der Waals surface area contributed by atoms with Gasteiger partial charge in [0.2, 0.25) is 5.91 Å². The van der Waals surface area contributed by atoms with Gasteiger partial charge in [0.05, 0.1) is 25.4 Å². The van der Waals surface area contributed by atoms with Crippen LogP contribution in [0.4, 0.5) is 0 Å². The molecule has 0 saturated carbocycles. The molecule has 0 aromatic carbocycles.